The molecule has 1 saturated carbocycles. The van der Waals surface area contributed by atoms with Crippen molar-refractivity contribution in [1.29, 1.82) is 0 Å². The Morgan fingerprint density at radius 2 is 1.77 bits per heavy atom. The second-order valence-corrected chi connectivity index (χ2v) is 14.0. The number of hydrazine groups is 1. The van der Waals surface area contributed by atoms with Gasteiger partial charge in [0, 0.05) is 23.7 Å². The lowest BCUT2D eigenvalue weighted by Crippen LogP contribution is -2.54. The summed E-state index contributed by atoms with van der Waals surface area (Å²) in [6, 6.07) is 11.8. The lowest BCUT2D eigenvalue weighted by atomic mass is 9.50. The summed E-state index contributed by atoms with van der Waals surface area (Å²) in [5.74, 6) is -6.32. The van der Waals surface area contributed by atoms with Crippen molar-refractivity contribution in [2.24, 2.45) is 29.6 Å². The molecule has 0 unspecified atom stereocenters. The number of ether oxygens (including phenoxy) is 1. The molecule has 52 heavy (non-hydrogen) atoms. The van der Waals surface area contributed by atoms with Gasteiger partial charge >= 0.3 is 6.18 Å². The lowest BCUT2D eigenvalue weighted by Gasteiger charge is -2.49. The van der Waals surface area contributed by atoms with Gasteiger partial charge in [0.15, 0.2) is 17.3 Å². The minimum Gasteiger partial charge on any atom is -0.504 e. The number of rotatable bonds is 7. The number of carbonyl (C=O) groups is 4. The van der Waals surface area contributed by atoms with E-state index < -0.39 is 63.6 Å². The number of fused-ring (bicyclic) bond motifs is 4. The molecule has 2 saturated heterocycles. The fraction of sp³-hybridized carbons (Fsp3) is 0.324. The number of likely N-dealkylation sites (tertiary alicyclic amines) is 1. The number of nitrogens with one attached hydrogen (secondary N) is 1. The molecule has 4 amide bonds. The lowest BCUT2D eigenvalue weighted by molar-refractivity contribution is -0.141. The van der Waals surface area contributed by atoms with E-state index in [1.807, 2.05) is 6.08 Å². The molecule has 3 heterocycles. The van der Waals surface area contributed by atoms with E-state index in [-0.39, 0.29) is 48.5 Å². The highest BCUT2D eigenvalue weighted by molar-refractivity contribution is 6.33. The number of nitrogens with zero attached hydrogens (tertiary/aromatic N) is 3. The zero-order valence-corrected chi connectivity index (χ0v) is 29.2. The molecule has 270 valence electrons. The summed E-state index contributed by atoms with van der Waals surface area (Å²) < 4.78 is 45.5. The first-order chi connectivity index (χ1) is 24.7. The third-order valence-electron chi connectivity index (χ3n) is 10.7. The Bertz CT molecular complexity index is 2070. The van der Waals surface area contributed by atoms with Crippen LogP contribution in [0, 0.1) is 29.6 Å². The average molecular weight is 756 g/mol. The molecular formula is C37H31Cl2F3N4O6. The predicted octanol–water partition coefficient (Wildman–Crippen LogP) is 6.67. The number of hydrogen-bond acceptors (Lipinski definition) is 8. The van der Waals surface area contributed by atoms with E-state index in [1.54, 1.807) is 55.5 Å². The van der Waals surface area contributed by atoms with Gasteiger partial charge in [0.05, 0.1) is 40.9 Å². The van der Waals surface area contributed by atoms with E-state index in [0.717, 1.165) is 5.01 Å². The summed E-state index contributed by atoms with van der Waals surface area (Å²) in [5, 5.41) is 10.8. The van der Waals surface area contributed by atoms with Crippen molar-refractivity contribution in [2.45, 2.75) is 31.4 Å². The Balaban J connectivity index is 1.41. The number of allylic oxidation sites excluding steroid dienone is 3. The summed E-state index contributed by atoms with van der Waals surface area (Å²) in [6.45, 7) is 1.90. The summed E-state index contributed by atoms with van der Waals surface area (Å²) in [4.78, 5) is 61.9. The summed E-state index contributed by atoms with van der Waals surface area (Å²) in [6.07, 6.45) is 1.43. The van der Waals surface area contributed by atoms with Gasteiger partial charge in [0.1, 0.15) is 0 Å². The number of methoxy groups -OCH3 is 1. The zero-order valence-electron chi connectivity index (χ0n) is 27.7. The number of anilines is 1. The van der Waals surface area contributed by atoms with Gasteiger partial charge in [-0.05, 0) is 67.1 Å². The monoisotopic (exact) mass is 754 g/mol. The number of aromatic hydroxyl groups is 1. The van der Waals surface area contributed by atoms with Crippen LogP contribution < -0.4 is 10.2 Å². The Morgan fingerprint density at radius 3 is 2.42 bits per heavy atom. The van der Waals surface area contributed by atoms with Crippen molar-refractivity contribution in [3.63, 3.8) is 0 Å². The van der Waals surface area contributed by atoms with E-state index in [0.29, 0.717) is 34.0 Å². The minimum atomic E-state index is -4.74. The van der Waals surface area contributed by atoms with Crippen LogP contribution in [-0.2, 0) is 30.8 Å². The number of imide groups is 2. The molecule has 6 atom stereocenters. The fourth-order valence-electron chi connectivity index (χ4n) is 8.41. The molecule has 7 rings (SSSR count). The molecule has 15 heteroatoms. The van der Waals surface area contributed by atoms with Crippen LogP contribution in [0.25, 0.3) is 6.08 Å². The highest BCUT2D eigenvalue weighted by Gasteiger charge is 2.69. The van der Waals surface area contributed by atoms with E-state index in [4.69, 9.17) is 27.9 Å². The van der Waals surface area contributed by atoms with Crippen molar-refractivity contribution < 1.29 is 42.2 Å². The van der Waals surface area contributed by atoms with Crippen molar-refractivity contribution in [3.8, 4) is 11.5 Å². The van der Waals surface area contributed by atoms with Crippen LogP contribution in [0.1, 0.15) is 36.5 Å². The molecular weight excluding hydrogens is 724 g/mol. The fourth-order valence-corrected chi connectivity index (χ4v) is 8.75. The third kappa shape index (κ3) is 5.44. The molecule has 2 aliphatic carbocycles. The maximum atomic E-state index is 15.1. The predicted molar refractivity (Wildman–Crippen MR) is 184 cm³/mol. The average Bonchev–Trinajstić information content (AvgIpc) is 3.49. The number of halogens is 5. The van der Waals surface area contributed by atoms with Crippen LogP contribution >= 0.6 is 23.2 Å². The normalized spacial score (nSPS) is 27.1. The molecule has 1 aromatic heterocycles. The second kappa shape index (κ2) is 13.0. The Labute approximate surface area is 305 Å². The molecule has 10 nitrogen and oxygen atoms in total. The minimum absolute atomic E-state index is 0.0144. The van der Waals surface area contributed by atoms with Gasteiger partial charge in [0.2, 0.25) is 11.8 Å². The quantitative estimate of drug-likeness (QED) is 0.202. The molecule has 3 aromatic rings. The molecule has 2 aliphatic heterocycles. The van der Waals surface area contributed by atoms with Crippen molar-refractivity contribution in [1.82, 2.24) is 14.9 Å². The van der Waals surface area contributed by atoms with Crippen LogP contribution in [0.4, 0.5) is 19.0 Å². The summed E-state index contributed by atoms with van der Waals surface area (Å²) in [5.41, 5.74) is 1.55. The zero-order chi connectivity index (χ0) is 37.3. The first-order valence-electron chi connectivity index (χ1n) is 16.5. The molecule has 0 bridgehead atoms. The van der Waals surface area contributed by atoms with Gasteiger partial charge in [-0.1, -0.05) is 65.2 Å². The maximum absolute atomic E-state index is 15.1. The van der Waals surface area contributed by atoms with E-state index >= 15 is 4.79 Å². The number of amides is 4. The van der Waals surface area contributed by atoms with Gasteiger partial charge in [-0.25, -0.2) is 4.98 Å². The SMILES string of the molecule is CCN1C(=O)[C@H]2[C@H](CC=C3[C@H]2C[C@H]2C(=O)N(Nc4ncc(C(F)(F)F)cc4Cl)C(=O)[C@@]2(c2ccc(Cl)cc2)[C@H]3C=Cc2ccc(O)c(OC)c2)C1=O. The van der Waals surface area contributed by atoms with E-state index in [1.165, 1.54) is 18.1 Å². The van der Waals surface area contributed by atoms with Crippen LogP contribution in [0.2, 0.25) is 10.0 Å². The highest BCUT2D eigenvalue weighted by atomic mass is 35.5. The molecule has 2 aromatic carbocycles. The molecule has 3 fully saturated rings. The first kappa shape index (κ1) is 35.5. The topological polar surface area (TPSA) is 129 Å². The van der Waals surface area contributed by atoms with Gasteiger partial charge in [-0.15, -0.1) is 0 Å². The largest absolute Gasteiger partial charge is 0.504 e. The number of alkyl halides is 3. The van der Waals surface area contributed by atoms with E-state index in [2.05, 4.69) is 10.4 Å². The van der Waals surface area contributed by atoms with Gasteiger partial charge in [-0.3, -0.25) is 29.5 Å². The van der Waals surface area contributed by atoms with Gasteiger partial charge in [-0.2, -0.15) is 18.2 Å². The van der Waals surface area contributed by atoms with Crippen molar-refractivity contribution >= 4 is 58.7 Å². The maximum Gasteiger partial charge on any atom is 0.417 e. The molecule has 0 spiro atoms. The number of hydrogen-bond donors (Lipinski definition) is 2. The van der Waals surface area contributed by atoms with Crippen molar-refractivity contribution in [3.05, 3.63) is 99.2 Å². The Hall–Kier alpha value is -4.88. The number of pyridine rings is 1. The van der Waals surface area contributed by atoms with Crippen LogP contribution in [0.15, 0.2) is 72.5 Å². The Morgan fingerprint density at radius 1 is 1.04 bits per heavy atom. The number of benzene rings is 2. The number of aromatic nitrogens is 1. The summed E-state index contributed by atoms with van der Waals surface area (Å²) in [7, 11) is 1.40. The standard InChI is InChI=1S/C37H31Cl2F3N4O6/c1-3-45-32(48)23-11-10-22-24(30(23)34(45)50)16-26-33(49)46(44-31-27(39)15-20(17-43-31)37(40,41)42)35(51)36(26,19-6-8-21(38)9-7-19)25(22)12-4-18-5-13-28(47)29(14-18)52-2/h4-10,12-15,17,23-26,30,47H,3,11,16H2,1-2H3,(H,43,44)/t23-,24+,25-,26-,30-,36-/m0/s1. The first-order valence-corrected chi connectivity index (χ1v) is 17.2. The van der Waals surface area contributed by atoms with Crippen molar-refractivity contribution in [2.75, 3.05) is 19.1 Å². The van der Waals surface area contributed by atoms with Crippen LogP contribution in [0.5, 0.6) is 11.5 Å². The highest BCUT2D eigenvalue weighted by Crippen LogP contribution is 2.61. The van der Waals surface area contributed by atoms with Gasteiger partial charge in [0.25, 0.3) is 11.8 Å². The number of phenolic OH excluding ortho intramolecular Hbond substituents is 1. The molecule has 2 N–H and O–H groups in total. The van der Waals surface area contributed by atoms with Crippen LogP contribution in [0.3, 0.4) is 0 Å². The summed E-state index contributed by atoms with van der Waals surface area (Å²) >= 11 is 12.5. The number of carbonyl (C=O) groups excluding carboxylic acids is 4. The second-order valence-electron chi connectivity index (χ2n) is 13.2. The smallest absolute Gasteiger partial charge is 0.417 e. The third-order valence-corrected chi connectivity index (χ3v) is 11.3. The number of phenols is 1. The van der Waals surface area contributed by atoms with Crippen LogP contribution in [-0.4, -0.2) is 57.3 Å². The van der Waals surface area contributed by atoms with E-state index in [9.17, 15) is 32.7 Å². The Kier molecular flexibility index (Phi) is 8.85. The molecule has 4 aliphatic rings. The van der Waals surface area contributed by atoms with Gasteiger partial charge < -0.3 is 9.84 Å². The molecule has 0 radical (unpaired) electrons.